The topological polar surface area (TPSA) is 94.0 Å². The van der Waals surface area contributed by atoms with E-state index in [1.54, 1.807) is 13.1 Å². The van der Waals surface area contributed by atoms with E-state index < -0.39 is 0 Å². The van der Waals surface area contributed by atoms with Gasteiger partial charge >= 0.3 is 0 Å². The molecule has 1 aromatic heterocycles. The van der Waals surface area contributed by atoms with Crippen LogP contribution in [-0.2, 0) is 11.8 Å². The number of aryl methyl sites for hydroxylation is 2. The van der Waals surface area contributed by atoms with Gasteiger partial charge in [-0.25, -0.2) is 0 Å². The molecule has 1 heterocycles. The van der Waals surface area contributed by atoms with Crippen molar-refractivity contribution < 1.29 is 9.53 Å². The highest BCUT2D eigenvalue weighted by Gasteiger charge is 2.08. The summed E-state index contributed by atoms with van der Waals surface area (Å²) in [6, 6.07) is 7.43. The Morgan fingerprint density at radius 2 is 2.19 bits per heavy atom. The number of nitrogens with zero attached hydrogens (tertiary/aromatic N) is 4. The zero-order chi connectivity index (χ0) is 15.2. The monoisotopic (exact) mass is 306 g/mol. The van der Waals surface area contributed by atoms with Crippen LogP contribution in [-0.4, -0.2) is 37.8 Å². The number of anilines is 1. The normalized spacial score (nSPS) is 10.0. The number of rotatable bonds is 4. The molecule has 110 valence electrons. The Bertz CT molecular complexity index is 657. The largest absolute Gasteiger partial charge is 0.483 e. The molecule has 2 rings (SSSR count). The van der Waals surface area contributed by atoms with Gasteiger partial charge in [0.25, 0.3) is 11.9 Å². The fourth-order valence-corrected chi connectivity index (χ4v) is 1.70. The molecule has 2 N–H and O–H groups in total. The lowest BCUT2D eigenvalue weighted by Gasteiger charge is -2.09. The number of nitrogens with one attached hydrogen (secondary N) is 2. The second kappa shape index (κ2) is 6.75. The van der Waals surface area contributed by atoms with Gasteiger partial charge in [-0.3, -0.25) is 15.4 Å². The zero-order valence-electron chi connectivity index (χ0n) is 11.5. The fourth-order valence-electron chi connectivity index (χ4n) is 1.49. The van der Waals surface area contributed by atoms with Crippen molar-refractivity contribution in [2.45, 2.75) is 6.92 Å². The number of ether oxygens (including phenoxy) is 1. The summed E-state index contributed by atoms with van der Waals surface area (Å²) in [5.74, 6) is 0.490. The molecule has 0 aliphatic carbocycles. The third-order valence-corrected chi connectivity index (χ3v) is 2.64. The second-order valence-corrected chi connectivity index (χ2v) is 4.57. The average Bonchev–Trinajstić information content (AvgIpc) is 2.83. The molecule has 21 heavy (non-hydrogen) atoms. The summed E-state index contributed by atoms with van der Waals surface area (Å²) in [7, 11) is 1.62. The highest BCUT2D eigenvalue weighted by Crippen LogP contribution is 2.15. The van der Waals surface area contributed by atoms with Gasteiger partial charge in [0.05, 0.1) is 7.05 Å². The third-order valence-electron chi connectivity index (χ3n) is 2.44. The van der Waals surface area contributed by atoms with Gasteiger partial charge in [-0.05, 0) is 36.0 Å². The number of carbonyl (C=O) groups excluding carboxylic acids is 1. The first-order chi connectivity index (χ1) is 10.0. The first-order valence-electron chi connectivity index (χ1n) is 6.08. The first kappa shape index (κ1) is 14.9. The quantitative estimate of drug-likeness (QED) is 0.790. The van der Waals surface area contributed by atoms with Crippen molar-refractivity contribution in [1.82, 2.24) is 25.5 Å². The summed E-state index contributed by atoms with van der Waals surface area (Å²) < 4.78 is 5.41. The van der Waals surface area contributed by atoms with Crippen LogP contribution >= 0.6 is 12.2 Å². The van der Waals surface area contributed by atoms with Crippen molar-refractivity contribution in [1.29, 1.82) is 0 Å². The Morgan fingerprint density at radius 3 is 2.86 bits per heavy atom. The molecule has 1 amide bonds. The van der Waals surface area contributed by atoms with Crippen molar-refractivity contribution in [3.05, 3.63) is 29.8 Å². The number of carbonyl (C=O) groups is 1. The van der Waals surface area contributed by atoms with E-state index in [4.69, 9.17) is 17.0 Å². The van der Waals surface area contributed by atoms with Gasteiger partial charge in [0, 0.05) is 0 Å². The number of amides is 1. The molecule has 9 heteroatoms. The predicted molar refractivity (Wildman–Crippen MR) is 79.8 cm³/mol. The maximum absolute atomic E-state index is 11.7. The van der Waals surface area contributed by atoms with E-state index in [1.165, 1.54) is 4.80 Å². The summed E-state index contributed by atoms with van der Waals surface area (Å²) in [4.78, 5) is 13.0. The molecule has 0 aliphatic heterocycles. The minimum Gasteiger partial charge on any atom is -0.483 e. The molecular formula is C12H14N6O2S. The van der Waals surface area contributed by atoms with Gasteiger partial charge in [-0.15, -0.1) is 5.10 Å². The maximum Gasteiger partial charge on any atom is 0.269 e. The van der Waals surface area contributed by atoms with Gasteiger partial charge in [0.1, 0.15) is 5.75 Å². The van der Waals surface area contributed by atoms with Crippen LogP contribution in [0.25, 0.3) is 0 Å². The Kier molecular flexibility index (Phi) is 4.77. The van der Waals surface area contributed by atoms with Crippen LogP contribution < -0.4 is 15.4 Å². The number of hydrogen-bond donors (Lipinski definition) is 2. The van der Waals surface area contributed by atoms with Crippen LogP contribution in [0, 0.1) is 6.92 Å². The highest BCUT2D eigenvalue weighted by atomic mass is 32.1. The molecule has 0 saturated carbocycles. The number of tetrazole rings is 1. The Morgan fingerprint density at radius 1 is 1.43 bits per heavy atom. The molecule has 0 aliphatic rings. The van der Waals surface area contributed by atoms with E-state index in [2.05, 4.69) is 26.0 Å². The Hall–Kier alpha value is -2.55. The molecule has 0 saturated heterocycles. The van der Waals surface area contributed by atoms with Crippen LogP contribution in [0.4, 0.5) is 5.95 Å². The van der Waals surface area contributed by atoms with E-state index in [0.29, 0.717) is 5.75 Å². The Labute approximate surface area is 126 Å². The molecule has 0 bridgehead atoms. The molecular weight excluding hydrogens is 292 g/mol. The van der Waals surface area contributed by atoms with Gasteiger partial charge in [0.2, 0.25) is 0 Å². The van der Waals surface area contributed by atoms with Crippen LogP contribution in [0.1, 0.15) is 5.56 Å². The van der Waals surface area contributed by atoms with E-state index in [0.717, 1.165) is 5.56 Å². The van der Waals surface area contributed by atoms with Crippen LogP contribution in [0.15, 0.2) is 24.3 Å². The molecule has 0 fully saturated rings. The van der Waals surface area contributed by atoms with Gasteiger partial charge in [-0.2, -0.15) is 4.80 Å². The van der Waals surface area contributed by atoms with Crippen LogP contribution in [0.2, 0.25) is 0 Å². The van der Waals surface area contributed by atoms with Gasteiger partial charge in [-0.1, -0.05) is 23.3 Å². The minimum atomic E-state index is -0.375. The standard InChI is InChI=1S/C12H14N6O2S/c1-8-5-3-4-6-9(8)20-7-10(19)13-12(21)14-11-15-17-18(2)16-11/h3-6H,7H2,1-2H3,(H2,13,14,16,19,21). The molecule has 0 atom stereocenters. The summed E-state index contributed by atoms with van der Waals surface area (Å²) in [6.07, 6.45) is 0. The summed E-state index contributed by atoms with van der Waals surface area (Å²) in [5, 5.41) is 16.4. The summed E-state index contributed by atoms with van der Waals surface area (Å²) in [5.41, 5.74) is 0.953. The number of aromatic nitrogens is 4. The Balaban J connectivity index is 1.79. The van der Waals surface area contributed by atoms with E-state index in [9.17, 15) is 4.79 Å². The molecule has 0 unspecified atom stereocenters. The SMILES string of the molecule is Cc1ccccc1OCC(=O)NC(=S)Nc1nnn(C)n1. The molecule has 1 aromatic carbocycles. The van der Waals surface area contributed by atoms with Crippen molar-refractivity contribution in [3.63, 3.8) is 0 Å². The molecule has 0 radical (unpaired) electrons. The van der Waals surface area contributed by atoms with E-state index in [-0.39, 0.29) is 23.6 Å². The lowest BCUT2D eigenvalue weighted by molar-refractivity contribution is -0.121. The number of thiocarbonyl (C=S) groups is 1. The minimum absolute atomic E-state index is 0.0846. The van der Waals surface area contributed by atoms with E-state index >= 15 is 0 Å². The molecule has 8 nitrogen and oxygen atoms in total. The lowest BCUT2D eigenvalue weighted by Crippen LogP contribution is -2.37. The molecule has 0 spiro atoms. The fraction of sp³-hybridized carbons (Fsp3) is 0.250. The van der Waals surface area contributed by atoms with Crippen molar-refractivity contribution in [3.8, 4) is 5.75 Å². The zero-order valence-corrected chi connectivity index (χ0v) is 12.3. The predicted octanol–water partition coefficient (Wildman–Crippen LogP) is 0.411. The van der Waals surface area contributed by atoms with Gasteiger partial charge in [0.15, 0.2) is 11.7 Å². The number of hydrogen-bond acceptors (Lipinski definition) is 6. The summed E-state index contributed by atoms with van der Waals surface area (Å²) in [6.45, 7) is 1.76. The van der Waals surface area contributed by atoms with Crippen molar-refractivity contribution in [2.75, 3.05) is 11.9 Å². The number of benzene rings is 1. The number of para-hydroxylation sites is 1. The summed E-state index contributed by atoms with van der Waals surface area (Å²) >= 11 is 4.96. The maximum atomic E-state index is 11.7. The van der Waals surface area contributed by atoms with Crippen LogP contribution in [0.5, 0.6) is 5.75 Å². The second-order valence-electron chi connectivity index (χ2n) is 4.16. The van der Waals surface area contributed by atoms with Crippen molar-refractivity contribution >= 4 is 29.2 Å². The average molecular weight is 306 g/mol. The van der Waals surface area contributed by atoms with E-state index in [1.807, 2.05) is 25.1 Å². The third kappa shape index (κ3) is 4.49. The van der Waals surface area contributed by atoms with Crippen LogP contribution in [0.3, 0.4) is 0 Å². The smallest absolute Gasteiger partial charge is 0.269 e. The highest BCUT2D eigenvalue weighted by molar-refractivity contribution is 7.80. The first-order valence-corrected chi connectivity index (χ1v) is 6.48. The van der Waals surface area contributed by atoms with Gasteiger partial charge < -0.3 is 4.74 Å². The molecule has 2 aromatic rings. The lowest BCUT2D eigenvalue weighted by atomic mass is 10.2. The van der Waals surface area contributed by atoms with Crippen molar-refractivity contribution in [2.24, 2.45) is 7.05 Å².